The van der Waals surface area contributed by atoms with Crippen LogP contribution in [-0.4, -0.2) is 24.7 Å². The molecule has 0 bridgehead atoms. The molecule has 222 valence electrons. The van der Waals surface area contributed by atoms with Gasteiger partial charge in [0.2, 0.25) is 0 Å². The second-order valence-corrected chi connectivity index (χ2v) is 12.1. The normalized spacial score (nSPS) is 23.5. The van der Waals surface area contributed by atoms with Gasteiger partial charge in [-0.25, -0.2) is 0 Å². The Morgan fingerprint density at radius 1 is 0.725 bits per heavy atom. The molecule has 1 aliphatic heterocycles. The van der Waals surface area contributed by atoms with Crippen LogP contribution in [0.5, 0.6) is 0 Å². The van der Waals surface area contributed by atoms with Crippen molar-refractivity contribution in [3.05, 3.63) is 71.8 Å². The first kappa shape index (κ1) is 31.1. The number of hydrogen-bond acceptors (Lipinski definition) is 2. The Morgan fingerprint density at radius 3 is 1.77 bits per heavy atom. The maximum absolute atomic E-state index is 14.4. The van der Waals surface area contributed by atoms with Crippen LogP contribution in [0.25, 0.3) is 0 Å². The summed E-state index contributed by atoms with van der Waals surface area (Å²) in [4.78, 5) is 0. The van der Waals surface area contributed by atoms with E-state index in [1.54, 1.807) is 0 Å². The number of ether oxygens (including phenoxy) is 2. The minimum absolute atomic E-state index is 0.00302. The number of halogens is 3. The Hall–Kier alpha value is -1.85. The molecule has 2 aromatic rings. The van der Waals surface area contributed by atoms with Crippen LogP contribution in [0.4, 0.5) is 13.2 Å². The Morgan fingerprint density at radius 2 is 1.25 bits per heavy atom. The summed E-state index contributed by atoms with van der Waals surface area (Å²) in [5, 5.41) is 0. The lowest BCUT2D eigenvalue weighted by Crippen LogP contribution is -2.51. The summed E-state index contributed by atoms with van der Waals surface area (Å²) in [5.74, 6) is -1.31. The molecule has 5 heteroatoms. The number of fused-ring (bicyclic) bond motifs is 1. The SMILES string of the molecule is CCCCCCCCCCCCC[C@H](O[C@@]12CCC[C@]1(C(c1ccccc1)c1ccccc1)CCO2)C(F)(F)F. The zero-order valence-electron chi connectivity index (χ0n) is 24.4. The van der Waals surface area contributed by atoms with Crippen molar-refractivity contribution in [2.24, 2.45) is 5.41 Å². The molecule has 4 rings (SSSR count). The molecular formula is C35H49F3O2. The number of alkyl halides is 3. The lowest BCUT2D eigenvalue weighted by molar-refractivity contribution is -0.329. The fourth-order valence-electron chi connectivity index (χ4n) is 7.36. The average Bonchev–Trinajstić information content (AvgIpc) is 3.47. The van der Waals surface area contributed by atoms with Gasteiger partial charge in [0.15, 0.2) is 11.9 Å². The molecule has 2 fully saturated rings. The monoisotopic (exact) mass is 558 g/mol. The van der Waals surface area contributed by atoms with Gasteiger partial charge in [-0.1, -0.05) is 138 Å². The molecule has 0 radical (unpaired) electrons. The van der Waals surface area contributed by atoms with Crippen LogP contribution in [0.15, 0.2) is 60.7 Å². The topological polar surface area (TPSA) is 18.5 Å². The third kappa shape index (κ3) is 7.50. The summed E-state index contributed by atoms with van der Waals surface area (Å²) in [7, 11) is 0. The van der Waals surface area contributed by atoms with E-state index in [0.717, 1.165) is 43.2 Å². The minimum Gasteiger partial charge on any atom is -0.349 e. The first-order valence-corrected chi connectivity index (χ1v) is 15.9. The Kier molecular flexibility index (Phi) is 11.6. The highest BCUT2D eigenvalue weighted by Gasteiger charge is 2.66. The molecule has 0 unspecified atom stereocenters. The molecule has 3 atom stereocenters. The number of unbranched alkanes of at least 4 members (excludes halogenated alkanes) is 10. The van der Waals surface area contributed by atoms with E-state index >= 15 is 0 Å². The minimum atomic E-state index is -4.41. The number of benzene rings is 2. The molecule has 1 heterocycles. The Labute approximate surface area is 240 Å². The van der Waals surface area contributed by atoms with Crippen LogP contribution < -0.4 is 0 Å². The summed E-state index contributed by atoms with van der Waals surface area (Å²) in [6.07, 6.45) is 8.96. The molecule has 2 aliphatic rings. The van der Waals surface area contributed by atoms with Crippen molar-refractivity contribution in [3.8, 4) is 0 Å². The zero-order chi connectivity index (χ0) is 28.3. The van der Waals surface area contributed by atoms with Crippen molar-refractivity contribution >= 4 is 0 Å². The van der Waals surface area contributed by atoms with Crippen molar-refractivity contribution in [3.63, 3.8) is 0 Å². The van der Waals surface area contributed by atoms with Gasteiger partial charge in [0, 0.05) is 17.8 Å². The van der Waals surface area contributed by atoms with Gasteiger partial charge in [0.25, 0.3) is 0 Å². The first-order chi connectivity index (χ1) is 19.4. The van der Waals surface area contributed by atoms with Crippen molar-refractivity contribution in [1.29, 1.82) is 0 Å². The quantitative estimate of drug-likeness (QED) is 0.180. The second-order valence-electron chi connectivity index (χ2n) is 12.1. The average molecular weight is 559 g/mol. The summed E-state index contributed by atoms with van der Waals surface area (Å²) >= 11 is 0. The van der Waals surface area contributed by atoms with Crippen LogP contribution in [0.3, 0.4) is 0 Å². The maximum Gasteiger partial charge on any atom is 0.414 e. The van der Waals surface area contributed by atoms with E-state index in [9.17, 15) is 13.2 Å². The summed E-state index contributed by atoms with van der Waals surface area (Å²) < 4.78 is 55.8. The first-order valence-electron chi connectivity index (χ1n) is 15.9. The van der Waals surface area contributed by atoms with Gasteiger partial charge >= 0.3 is 6.18 Å². The van der Waals surface area contributed by atoms with E-state index in [4.69, 9.17) is 9.47 Å². The van der Waals surface area contributed by atoms with E-state index in [1.165, 1.54) is 44.9 Å². The lowest BCUT2D eigenvalue weighted by Gasteiger charge is -2.46. The van der Waals surface area contributed by atoms with Crippen LogP contribution in [-0.2, 0) is 9.47 Å². The van der Waals surface area contributed by atoms with Gasteiger partial charge in [-0.2, -0.15) is 13.2 Å². The molecule has 1 saturated carbocycles. The fourth-order valence-corrected chi connectivity index (χ4v) is 7.36. The largest absolute Gasteiger partial charge is 0.414 e. The highest BCUT2D eigenvalue weighted by atomic mass is 19.4. The molecule has 0 spiro atoms. The third-order valence-corrected chi connectivity index (χ3v) is 9.36. The van der Waals surface area contributed by atoms with Gasteiger partial charge < -0.3 is 9.47 Å². The molecular weight excluding hydrogens is 509 g/mol. The Bertz CT molecular complexity index is 926. The van der Waals surface area contributed by atoms with Gasteiger partial charge in [-0.05, 0) is 36.8 Å². The molecule has 2 nitrogen and oxygen atoms in total. The predicted molar refractivity (Wildman–Crippen MR) is 156 cm³/mol. The van der Waals surface area contributed by atoms with Gasteiger partial charge in [-0.3, -0.25) is 0 Å². The third-order valence-electron chi connectivity index (χ3n) is 9.36. The highest BCUT2D eigenvalue weighted by Crippen LogP contribution is 2.64. The summed E-state index contributed by atoms with van der Waals surface area (Å²) in [5.41, 5.74) is 1.70. The molecule has 0 N–H and O–H groups in total. The summed E-state index contributed by atoms with van der Waals surface area (Å²) in [6.45, 7) is 2.66. The van der Waals surface area contributed by atoms with Gasteiger partial charge in [0.1, 0.15) is 0 Å². The molecule has 1 saturated heterocycles. The molecule has 0 amide bonds. The van der Waals surface area contributed by atoms with E-state index in [-0.39, 0.29) is 12.3 Å². The van der Waals surface area contributed by atoms with Crippen LogP contribution >= 0.6 is 0 Å². The van der Waals surface area contributed by atoms with Crippen LogP contribution in [0.1, 0.15) is 127 Å². The van der Waals surface area contributed by atoms with Crippen molar-refractivity contribution in [1.82, 2.24) is 0 Å². The standard InChI is InChI=1S/C35H49F3O2/c1-2-3-4-5-6-7-8-9-10-11-18-24-31(35(36,37)38)40-34-26-19-25-33(34,27-28-39-34)32(29-20-14-12-15-21-29)30-22-16-13-17-23-30/h12-17,20-23,31-32H,2-11,18-19,24-28H2,1H3/t31-,33+,34-/m0/s1. The second kappa shape index (κ2) is 14.9. The highest BCUT2D eigenvalue weighted by molar-refractivity contribution is 5.37. The van der Waals surface area contributed by atoms with Crippen molar-refractivity contribution in [2.75, 3.05) is 6.61 Å². The molecule has 2 aromatic carbocycles. The van der Waals surface area contributed by atoms with E-state index < -0.39 is 23.5 Å². The van der Waals surface area contributed by atoms with E-state index in [2.05, 4.69) is 31.2 Å². The summed E-state index contributed by atoms with van der Waals surface area (Å²) in [6, 6.07) is 20.4. The van der Waals surface area contributed by atoms with Crippen LogP contribution in [0, 0.1) is 5.41 Å². The molecule has 40 heavy (non-hydrogen) atoms. The molecule has 1 aliphatic carbocycles. The molecule has 0 aromatic heterocycles. The maximum atomic E-state index is 14.4. The van der Waals surface area contributed by atoms with Crippen molar-refractivity contribution < 1.29 is 22.6 Å². The lowest BCUT2D eigenvalue weighted by atomic mass is 9.64. The van der Waals surface area contributed by atoms with E-state index in [1.807, 2.05) is 36.4 Å². The van der Waals surface area contributed by atoms with E-state index in [0.29, 0.717) is 25.9 Å². The fraction of sp³-hybridized carbons (Fsp3) is 0.657. The smallest absolute Gasteiger partial charge is 0.349 e. The van der Waals surface area contributed by atoms with Gasteiger partial charge in [-0.15, -0.1) is 0 Å². The van der Waals surface area contributed by atoms with Gasteiger partial charge in [0.05, 0.1) is 6.61 Å². The predicted octanol–water partition coefficient (Wildman–Crippen LogP) is 10.8. The Balaban J connectivity index is 1.42. The zero-order valence-corrected chi connectivity index (χ0v) is 24.4. The van der Waals surface area contributed by atoms with Crippen LogP contribution in [0.2, 0.25) is 0 Å². The number of rotatable bonds is 17. The van der Waals surface area contributed by atoms with Crippen molar-refractivity contribution in [2.45, 2.75) is 134 Å². The number of hydrogen-bond donors (Lipinski definition) is 0.